The molecule has 236 valence electrons. The number of aldehydes is 1. The lowest BCUT2D eigenvalue weighted by Crippen LogP contribution is -2.72. The van der Waals surface area contributed by atoms with Crippen LogP contribution < -0.4 is 0 Å². The van der Waals surface area contributed by atoms with E-state index >= 15 is 0 Å². The fourth-order valence-electron chi connectivity index (χ4n) is 11.3. The summed E-state index contributed by atoms with van der Waals surface area (Å²) >= 11 is 0. The molecular weight excluding hydrogens is 532 g/mol. The van der Waals surface area contributed by atoms with Gasteiger partial charge in [-0.25, -0.2) is 4.79 Å². The monoisotopic (exact) mass is 586 g/mol. The number of rotatable bonds is 4. The predicted octanol–water partition coefficient (Wildman–Crippen LogP) is 4.75. The van der Waals surface area contributed by atoms with Crippen LogP contribution in [0.3, 0.4) is 0 Å². The van der Waals surface area contributed by atoms with E-state index in [1.165, 1.54) is 5.57 Å². The Labute approximate surface area is 251 Å². The van der Waals surface area contributed by atoms with Crippen LogP contribution in [0.15, 0.2) is 23.3 Å². The average Bonchev–Trinajstić information content (AvgIpc) is 2.93. The van der Waals surface area contributed by atoms with Crippen LogP contribution in [-0.2, 0) is 14.3 Å². The van der Waals surface area contributed by atoms with E-state index < -0.39 is 58.7 Å². The molecule has 12 unspecified atom stereocenters. The van der Waals surface area contributed by atoms with Crippen molar-refractivity contribution < 1.29 is 34.8 Å². The molecule has 5 aliphatic rings. The molecule has 0 amide bonds. The lowest BCUT2D eigenvalue weighted by atomic mass is 9.33. The molecule has 0 heterocycles. The molecule has 4 N–H and O–H groups in total. The Morgan fingerprint density at radius 1 is 1.00 bits per heavy atom. The van der Waals surface area contributed by atoms with Crippen LogP contribution in [0.25, 0.3) is 0 Å². The molecule has 0 aromatic carbocycles. The minimum atomic E-state index is -1.22. The van der Waals surface area contributed by atoms with Gasteiger partial charge in [-0.15, -0.1) is 0 Å². The first-order valence-electron chi connectivity index (χ1n) is 16.1. The largest absolute Gasteiger partial charge is 0.455 e. The summed E-state index contributed by atoms with van der Waals surface area (Å²) in [6, 6.07) is 0. The average molecular weight is 587 g/mol. The van der Waals surface area contributed by atoms with Gasteiger partial charge in [0, 0.05) is 5.57 Å². The van der Waals surface area contributed by atoms with Crippen molar-refractivity contribution in [2.24, 2.45) is 50.2 Å². The maximum Gasteiger partial charge on any atom is 0.333 e. The molecule has 7 heteroatoms. The van der Waals surface area contributed by atoms with Crippen LogP contribution in [0.1, 0.15) is 100 Å². The van der Waals surface area contributed by atoms with Crippen molar-refractivity contribution in [3.8, 4) is 0 Å². The number of carbonyl (C=O) groups is 2. The maximum absolute atomic E-state index is 13.1. The second kappa shape index (κ2) is 9.98. The molecule has 4 saturated carbocycles. The van der Waals surface area contributed by atoms with E-state index in [0.29, 0.717) is 24.8 Å². The number of aliphatic hydroxyl groups is 4. The van der Waals surface area contributed by atoms with E-state index in [1.54, 1.807) is 19.9 Å². The third kappa shape index (κ3) is 3.85. The van der Waals surface area contributed by atoms with Crippen LogP contribution in [0.5, 0.6) is 0 Å². The molecule has 7 nitrogen and oxygen atoms in total. The summed E-state index contributed by atoms with van der Waals surface area (Å²) in [4.78, 5) is 25.5. The zero-order valence-corrected chi connectivity index (χ0v) is 26.9. The first-order valence-corrected chi connectivity index (χ1v) is 16.1. The minimum Gasteiger partial charge on any atom is -0.455 e. The third-order valence-electron chi connectivity index (χ3n) is 14.3. The number of hydrogen-bond acceptors (Lipinski definition) is 7. The van der Waals surface area contributed by atoms with E-state index in [-0.39, 0.29) is 28.6 Å². The molecule has 5 rings (SSSR count). The van der Waals surface area contributed by atoms with Crippen molar-refractivity contribution in [3.63, 3.8) is 0 Å². The van der Waals surface area contributed by atoms with Crippen molar-refractivity contribution in [1.29, 1.82) is 0 Å². The zero-order chi connectivity index (χ0) is 31.3. The van der Waals surface area contributed by atoms with E-state index in [4.69, 9.17) is 4.74 Å². The van der Waals surface area contributed by atoms with Gasteiger partial charge >= 0.3 is 5.97 Å². The van der Waals surface area contributed by atoms with Crippen LogP contribution >= 0.6 is 0 Å². The maximum atomic E-state index is 13.1. The Morgan fingerprint density at radius 2 is 1.67 bits per heavy atom. The second-order valence-electron chi connectivity index (χ2n) is 16.3. The Morgan fingerprint density at radius 3 is 2.26 bits per heavy atom. The normalized spacial score (nSPS) is 51.7. The van der Waals surface area contributed by atoms with E-state index in [1.807, 2.05) is 20.8 Å². The Balaban J connectivity index is 1.63. The molecule has 0 aromatic rings. The van der Waals surface area contributed by atoms with Gasteiger partial charge in [0.1, 0.15) is 12.4 Å². The van der Waals surface area contributed by atoms with Crippen molar-refractivity contribution in [1.82, 2.24) is 0 Å². The molecule has 42 heavy (non-hydrogen) atoms. The third-order valence-corrected chi connectivity index (χ3v) is 14.3. The van der Waals surface area contributed by atoms with Gasteiger partial charge in [-0.05, 0) is 98.2 Å². The topological polar surface area (TPSA) is 124 Å². The summed E-state index contributed by atoms with van der Waals surface area (Å²) in [5, 5.41) is 45.9. The SMILES string of the molecule is C/C=C(\C)C(=O)OC1C(O)C(C)(C)CC2C3=CCC4C5(C)CCC(O)C(C)(C=O)C5CCC4(C)C3(C)CC(O)C21CO. The number of hydrogen-bond donors (Lipinski definition) is 4. The number of esters is 1. The first-order chi connectivity index (χ1) is 19.4. The fraction of sp³-hybridized carbons (Fsp3) is 0.829. The summed E-state index contributed by atoms with van der Waals surface area (Å²) in [5.74, 6) is -0.489. The molecule has 4 fully saturated rings. The summed E-state index contributed by atoms with van der Waals surface area (Å²) in [5.41, 5.74) is -1.72. The quantitative estimate of drug-likeness (QED) is 0.162. The smallest absolute Gasteiger partial charge is 0.333 e. The van der Waals surface area contributed by atoms with Gasteiger partial charge in [0.2, 0.25) is 0 Å². The second-order valence-corrected chi connectivity index (χ2v) is 16.3. The highest BCUT2D eigenvalue weighted by Crippen LogP contribution is 2.75. The summed E-state index contributed by atoms with van der Waals surface area (Å²) < 4.78 is 6.04. The molecule has 5 aliphatic carbocycles. The van der Waals surface area contributed by atoms with Crippen molar-refractivity contribution in [2.75, 3.05) is 6.61 Å². The summed E-state index contributed by atoms with van der Waals surface area (Å²) in [6.45, 7) is 15.9. The number of aliphatic hydroxyl groups excluding tert-OH is 4. The number of fused-ring (bicyclic) bond motifs is 7. The van der Waals surface area contributed by atoms with Crippen molar-refractivity contribution >= 4 is 12.3 Å². The van der Waals surface area contributed by atoms with Crippen molar-refractivity contribution in [2.45, 2.75) is 125 Å². The van der Waals surface area contributed by atoms with E-state index in [9.17, 15) is 30.0 Å². The Bertz CT molecular complexity index is 1190. The van der Waals surface area contributed by atoms with Gasteiger partial charge in [-0.3, -0.25) is 0 Å². The predicted molar refractivity (Wildman–Crippen MR) is 160 cm³/mol. The lowest BCUT2D eigenvalue weighted by molar-refractivity contribution is -0.261. The number of carbonyl (C=O) groups excluding carboxylic acids is 2. The molecule has 0 saturated heterocycles. The van der Waals surface area contributed by atoms with Crippen molar-refractivity contribution in [3.05, 3.63) is 23.3 Å². The molecule has 0 radical (unpaired) electrons. The minimum absolute atomic E-state index is 0.0790. The Hall–Kier alpha value is -1.54. The fourth-order valence-corrected chi connectivity index (χ4v) is 11.3. The molecular formula is C35H54O7. The summed E-state index contributed by atoms with van der Waals surface area (Å²) in [6.07, 6.45) is 6.19. The standard InChI is InChI=1S/C35H54O7/c1-9-20(2)29(41)42-28-27(40)30(3,4)16-22-21-10-11-24-31(5)14-13-25(38)32(6,18-36)23(31)12-15-33(24,7)34(21,8)17-26(39)35(22,28)19-37/h9-10,18,22-28,37-40H,11-17,19H2,1-8H3/b20-9+. The van der Waals surface area contributed by atoms with Gasteiger partial charge in [0.05, 0.1) is 35.7 Å². The molecule has 12 atom stereocenters. The van der Waals surface area contributed by atoms with Gasteiger partial charge in [0.25, 0.3) is 0 Å². The van der Waals surface area contributed by atoms with Gasteiger partial charge in [-0.1, -0.05) is 59.3 Å². The number of ether oxygens (including phenoxy) is 1. The molecule has 0 bridgehead atoms. The van der Waals surface area contributed by atoms with Gasteiger partial charge in [-0.2, -0.15) is 0 Å². The van der Waals surface area contributed by atoms with Gasteiger partial charge < -0.3 is 30.0 Å². The number of allylic oxidation sites excluding steroid dienone is 3. The first kappa shape index (κ1) is 31.9. The molecule has 0 aromatic heterocycles. The highest BCUT2D eigenvalue weighted by atomic mass is 16.6. The van der Waals surface area contributed by atoms with E-state index in [0.717, 1.165) is 32.0 Å². The molecule has 0 spiro atoms. The van der Waals surface area contributed by atoms with Crippen LogP contribution in [0.2, 0.25) is 0 Å². The Kier molecular flexibility index (Phi) is 7.58. The highest BCUT2D eigenvalue weighted by Gasteiger charge is 2.73. The van der Waals surface area contributed by atoms with Crippen LogP contribution in [0.4, 0.5) is 0 Å². The van der Waals surface area contributed by atoms with E-state index in [2.05, 4.69) is 26.8 Å². The lowest BCUT2D eigenvalue weighted by Gasteiger charge is -2.72. The highest BCUT2D eigenvalue weighted by molar-refractivity contribution is 5.87. The van der Waals surface area contributed by atoms with Gasteiger partial charge in [0.15, 0.2) is 0 Å². The van der Waals surface area contributed by atoms with Crippen LogP contribution in [0, 0.1) is 50.2 Å². The van der Waals surface area contributed by atoms with Crippen LogP contribution in [-0.4, -0.2) is 63.7 Å². The molecule has 0 aliphatic heterocycles. The summed E-state index contributed by atoms with van der Waals surface area (Å²) in [7, 11) is 0. The zero-order valence-electron chi connectivity index (χ0n) is 26.9.